The van der Waals surface area contributed by atoms with E-state index in [-0.39, 0.29) is 11.9 Å². The normalized spacial score (nSPS) is 25.9. The molecule has 0 saturated heterocycles. The third-order valence-electron chi connectivity index (χ3n) is 3.90. The van der Waals surface area contributed by atoms with Gasteiger partial charge in [-0.25, -0.2) is 0 Å². The van der Waals surface area contributed by atoms with Gasteiger partial charge in [0.25, 0.3) is 0 Å². The van der Waals surface area contributed by atoms with E-state index in [0.29, 0.717) is 16.3 Å². The minimum absolute atomic E-state index is 0.141. The molecule has 1 aromatic carbocycles. The zero-order valence-corrected chi connectivity index (χ0v) is 11.5. The minimum Gasteiger partial charge on any atom is -0.327 e. The Morgan fingerprint density at radius 1 is 1.63 bits per heavy atom. The van der Waals surface area contributed by atoms with Crippen LogP contribution in [0.25, 0.3) is 0 Å². The summed E-state index contributed by atoms with van der Waals surface area (Å²) in [5, 5.41) is 12.3. The quantitative estimate of drug-likeness (QED) is 0.872. The van der Waals surface area contributed by atoms with Crippen LogP contribution in [0.15, 0.2) is 18.2 Å². The fourth-order valence-electron chi connectivity index (χ4n) is 2.46. The van der Waals surface area contributed by atoms with Crippen LogP contribution in [0.5, 0.6) is 0 Å². The summed E-state index contributed by atoms with van der Waals surface area (Å²) in [6.07, 6.45) is 2.57. The van der Waals surface area contributed by atoms with Gasteiger partial charge in [-0.2, -0.15) is 5.26 Å². The third-order valence-corrected chi connectivity index (χ3v) is 4.13. The molecular formula is C14H16ClN3O. The van der Waals surface area contributed by atoms with Gasteiger partial charge >= 0.3 is 0 Å². The predicted molar refractivity (Wildman–Crippen MR) is 74.7 cm³/mol. The summed E-state index contributed by atoms with van der Waals surface area (Å²) in [4.78, 5) is 12.4. The molecule has 2 rings (SSSR count). The Labute approximate surface area is 117 Å². The lowest BCUT2D eigenvalue weighted by atomic mass is 9.84. The minimum atomic E-state index is -0.574. The summed E-state index contributed by atoms with van der Waals surface area (Å²) in [5.41, 5.74) is 6.28. The van der Waals surface area contributed by atoms with Crippen LogP contribution >= 0.6 is 11.6 Å². The molecule has 4 nitrogen and oxygen atoms in total. The first-order chi connectivity index (χ1) is 8.97. The predicted octanol–water partition coefficient (Wildman–Crippen LogP) is 2.67. The lowest BCUT2D eigenvalue weighted by Gasteiger charge is -2.27. The van der Waals surface area contributed by atoms with Gasteiger partial charge in [0, 0.05) is 11.1 Å². The second-order valence-electron chi connectivity index (χ2n) is 5.17. The standard InChI is InChI=1S/C14H16ClN3O/c1-14(6-2-3-12(14)17)13(19)18-11-7-10(15)5-4-9(11)8-16/h4-5,7,12H,2-3,6,17H2,1H3,(H,18,19). The number of nitrogens with zero attached hydrogens (tertiary/aromatic N) is 1. The van der Waals surface area contributed by atoms with Crippen molar-refractivity contribution in [2.45, 2.75) is 32.2 Å². The van der Waals surface area contributed by atoms with Gasteiger partial charge in [-0.1, -0.05) is 18.0 Å². The SMILES string of the molecule is CC1(C(=O)Nc2cc(Cl)ccc2C#N)CCCC1N. The van der Waals surface area contributed by atoms with Crippen LogP contribution in [-0.2, 0) is 4.79 Å². The molecule has 1 saturated carbocycles. The Kier molecular flexibility index (Phi) is 3.79. The van der Waals surface area contributed by atoms with E-state index in [4.69, 9.17) is 22.6 Å². The van der Waals surface area contributed by atoms with Crippen LogP contribution in [0.3, 0.4) is 0 Å². The third kappa shape index (κ3) is 2.58. The molecule has 0 radical (unpaired) electrons. The number of nitrogens with one attached hydrogen (secondary N) is 1. The zero-order valence-electron chi connectivity index (χ0n) is 10.7. The highest BCUT2D eigenvalue weighted by Gasteiger charge is 2.43. The van der Waals surface area contributed by atoms with Crippen molar-refractivity contribution in [1.29, 1.82) is 5.26 Å². The number of carbonyl (C=O) groups is 1. The van der Waals surface area contributed by atoms with Crippen LogP contribution in [0, 0.1) is 16.7 Å². The molecule has 100 valence electrons. The molecule has 2 atom stereocenters. The molecule has 1 fully saturated rings. The maximum Gasteiger partial charge on any atom is 0.231 e. The number of nitriles is 1. The molecule has 2 unspecified atom stereocenters. The van der Waals surface area contributed by atoms with Gasteiger partial charge in [0.15, 0.2) is 0 Å². The van der Waals surface area contributed by atoms with E-state index in [2.05, 4.69) is 5.32 Å². The molecule has 5 heteroatoms. The Balaban J connectivity index is 2.24. The second-order valence-corrected chi connectivity index (χ2v) is 5.61. The summed E-state index contributed by atoms with van der Waals surface area (Å²) in [7, 11) is 0. The largest absolute Gasteiger partial charge is 0.327 e. The zero-order chi connectivity index (χ0) is 14.0. The van der Waals surface area contributed by atoms with Crippen molar-refractivity contribution < 1.29 is 4.79 Å². The summed E-state index contributed by atoms with van der Waals surface area (Å²) in [6.45, 7) is 1.87. The van der Waals surface area contributed by atoms with Crippen molar-refractivity contribution in [1.82, 2.24) is 0 Å². The molecule has 1 amide bonds. The molecule has 0 aliphatic heterocycles. The fourth-order valence-corrected chi connectivity index (χ4v) is 2.63. The molecule has 0 spiro atoms. The van der Waals surface area contributed by atoms with Crippen molar-refractivity contribution in [3.8, 4) is 6.07 Å². The molecule has 1 aliphatic rings. The number of amides is 1. The van der Waals surface area contributed by atoms with Gasteiger partial charge in [-0.15, -0.1) is 0 Å². The molecule has 1 aliphatic carbocycles. The van der Waals surface area contributed by atoms with Crippen molar-refractivity contribution in [2.24, 2.45) is 11.1 Å². The smallest absolute Gasteiger partial charge is 0.231 e. The van der Waals surface area contributed by atoms with Crippen LogP contribution in [0.4, 0.5) is 5.69 Å². The van der Waals surface area contributed by atoms with Gasteiger partial charge in [0.05, 0.1) is 16.7 Å². The van der Waals surface area contributed by atoms with E-state index in [1.165, 1.54) is 0 Å². The maximum absolute atomic E-state index is 12.4. The Bertz CT molecular complexity index is 552. The number of rotatable bonds is 2. The first kappa shape index (κ1) is 13.9. The first-order valence-electron chi connectivity index (χ1n) is 6.24. The van der Waals surface area contributed by atoms with Crippen LogP contribution in [0.2, 0.25) is 5.02 Å². The highest BCUT2D eigenvalue weighted by molar-refractivity contribution is 6.31. The molecule has 0 heterocycles. The summed E-state index contributed by atoms with van der Waals surface area (Å²) in [5.74, 6) is -0.142. The van der Waals surface area contributed by atoms with E-state index >= 15 is 0 Å². The summed E-state index contributed by atoms with van der Waals surface area (Å²) >= 11 is 5.89. The van der Waals surface area contributed by atoms with Gasteiger partial charge in [-0.3, -0.25) is 4.79 Å². The Hall–Kier alpha value is -1.57. The average Bonchev–Trinajstić information content (AvgIpc) is 2.71. The van der Waals surface area contributed by atoms with Crippen molar-refractivity contribution in [2.75, 3.05) is 5.32 Å². The van der Waals surface area contributed by atoms with Gasteiger partial charge in [0.1, 0.15) is 6.07 Å². The van der Waals surface area contributed by atoms with Crippen molar-refractivity contribution in [3.05, 3.63) is 28.8 Å². The number of anilines is 1. The van der Waals surface area contributed by atoms with Crippen molar-refractivity contribution >= 4 is 23.2 Å². The summed E-state index contributed by atoms with van der Waals surface area (Å²) < 4.78 is 0. The molecule has 1 aromatic rings. The molecule has 19 heavy (non-hydrogen) atoms. The van der Waals surface area contributed by atoms with Gasteiger partial charge in [-0.05, 0) is 38.0 Å². The van der Waals surface area contributed by atoms with E-state index in [0.717, 1.165) is 19.3 Å². The topological polar surface area (TPSA) is 78.9 Å². The fraction of sp³-hybridized carbons (Fsp3) is 0.429. The maximum atomic E-state index is 12.4. The number of hydrogen-bond donors (Lipinski definition) is 2. The van der Waals surface area contributed by atoms with Crippen LogP contribution in [-0.4, -0.2) is 11.9 Å². The number of carbonyl (C=O) groups excluding carboxylic acids is 1. The lowest BCUT2D eigenvalue weighted by Crippen LogP contribution is -2.44. The molecule has 0 bridgehead atoms. The van der Waals surface area contributed by atoms with Crippen LogP contribution < -0.4 is 11.1 Å². The van der Waals surface area contributed by atoms with E-state index < -0.39 is 5.41 Å². The number of nitrogens with two attached hydrogens (primary N) is 1. The van der Waals surface area contributed by atoms with Crippen LogP contribution in [0.1, 0.15) is 31.7 Å². The highest BCUT2D eigenvalue weighted by Crippen LogP contribution is 2.38. The number of hydrogen-bond acceptors (Lipinski definition) is 3. The molecular weight excluding hydrogens is 262 g/mol. The first-order valence-corrected chi connectivity index (χ1v) is 6.62. The van der Waals surface area contributed by atoms with E-state index in [9.17, 15) is 4.79 Å². The average molecular weight is 278 g/mol. The monoisotopic (exact) mass is 277 g/mol. The van der Waals surface area contributed by atoms with Crippen molar-refractivity contribution in [3.63, 3.8) is 0 Å². The second kappa shape index (κ2) is 5.20. The molecule has 3 N–H and O–H groups in total. The lowest BCUT2D eigenvalue weighted by molar-refractivity contribution is -0.125. The Morgan fingerprint density at radius 2 is 2.37 bits per heavy atom. The van der Waals surface area contributed by atoms with Gasteiger partial charge < -0.3 is 11.1 Å². The van der Waals surface area contributed by atoms with E-state index in [1.54, 1.807) is 18.2 Å². The highest BCUT2D eigenvalue weighted by atomic mass is 35.5. The number of benzene rings is 1. The van der Waals surface area contributed by atoms with E-state index in [1.807, 2.05) is 13.0 Å². The summed E-state index contributed by atoms with van der Waals surface area (Å²) in [6, 6.07) is 6.70. The number of halogens is 1. The Morgan fingerprint density at radius 3 is 2.95 bits per heavy atom. The van der Waals surface area contributed by atoms with Gasteiger partial charge in [0.2, 0.25) is 5.91 Å². The molecule has 0 aromatic heterocycles.